The number of rotatable bonds is 5. The van der Waals surface area contributed by atoms with Crippen LogP contribution in [-0.2, 0) is 11.8 Å². The molecule has 1 N–H and O–H groups in total. The van der Waals surface area contributed by atoms with Crippen LogP contribution in [0.25, 0.3) is 0 Å². The second kappa shape index (κ2) is 6.40. The third-order valence-electron chi connectivity index (χ3n) is 4.08. The summed E-state index contributed by atoms with van der Waals surface area (Å²) in [4.78, 5) is 0. The molecule has 21 heavy (non-hydrogen) atoms. The second-order valence-corrected chi connectivity index (χ2v) is 6.13. The topological polar surface area (TPSA) is 20.2 Å². The molecule has 1 unspecified atom stereocenters. The summed E-state index contributed by atoms with van der Waals surface area (Å²) in [6.07, 6.45) is 1.47. The minimum atomic E-state index is -0.625. The van der Waals surface area contributed by atoms with Gasteiger partial charge in [0, 0.05) is 5.41 Å². The number of hydrogen-bond acceptors (Lipinski definition) is 1. The Kier molecular flexibility index (Phi) is 4.79. The molecule has 0 bridgehead atoms. The van der Waals surface area contributed by atoms with E-state index < -0.39 is 11.5 Å². The molecular weight excluding hydrogens is 263 g/mol. The van der Waals surface area contributed by atoms with Crippen molar-refractivity contribution < 1.29 is 9.50 Å². The fourth-order valence-electron chi connectivity index (χ4n) is 2.66. The van der Waals surface area contributed by atoms with E-state index >= 15 is 0 Å². The fraction of sp³-hybridized carbons (Fsp3) is 0.368. The minimum absolute atomic E-state index is 0.256. The number of benzene rings is 2. The quantitative estimate of drug-likeness (QED) is 0.838. The van der Waals surface area contributed by atoms with Crippen LogP contribution in [0.2, 0.25) is 0 Å². The van der Waals surface area contributed by atoms with Gasteiger partial charge < -0.3 is 5.11 Å². The SMILES string of the molecule is CCCc1cccc(C(O)C(C)(C)c2ccc(F)cc2)c1. The smallest absolute Gasteiger partial charge is 0.123 e. The maximum atomic E-state index is 13.1. The van der Waals surface area contributed by atoms with Crippen molar-refractivity contribution in [3.05, 3.63) is 71.0 Å². The van der Waals surface area contributed by atoms with E-state index in [1.165, 1.54) is 17.7 Å². The Bertz CT molecular complexity index is 587. The summed E-state index contributed by atoms with van der Waals surface area (Å²) in [5.41, 5.74) is 2.61. The summed E-state index contributed by atoms with van der Waals surface area (Å²) in [5, 5.41) is 10.8. The van der Waals surface area contributed by atoms with Crippen molar-refractivity contribution in [2.24, 2.45) is 0 Å². The van der Waals surface area contributed by atoms with Crippen LogP contribution < -0.4 is 0 Å². The lowest BCUT2D eigenvalue weighted by Gasteiger charge is -2.31. The van der Waals surface area contributed by atoms with Crippen molar-refractivity contribution in [3.8, 4) is 0 Å². The predicted octanol–water partition coefficient (Wildman–Crippen LogP) is 4.79. The van der Waals surface area contributed by atoms with Gasteiger partial charge in [0.1, 0.15) is 5.82 Å². The molecule has 2 aromatic rings. The third kappa shape index (κ3) is 3.51. The highest BCUT2D eigenvalue weighted by Gasteiger charge is 2.31. The van der Waals surface area contributed by atoms with Gasteiger partial charge in [0.05, 0.1) is 6.10 Å². The monoisotopic (exact) mass is 286 g/mol. The van der Waals surface area contributed by atoms with Gasteiger partial charge >= 0.3 is 0 Å². The zero-order valence-electron chi connectivity index (χ0n) is 12.9. The van der Waals surface area contributed by atoms with E-state index in [9.17, 15) is 9.50 Å². The number of halogens is 1. The third-order valence-corrected chi connectivity index (χ3v) is 4.08. The lowest BCUT2D eigenvalue weighted by atomic mass is 9.76. The minimum Gasteiger partial charge on any atom is -0.388 e. The van der Waals surface area contributed by atoms with Crippen LogP contribution in [0.3, 0.4) is 0 Å². The zero-order valence-corrected chi connectivity index (χ0v) is 12.9. The van der Waals surface area contributed by atoms with Gasteiger partial charge in [-0.2, -0.15) is 0 Å². The zero-order chi connectivity index (χ0) is 15.5. The Labute approximate surface area is 126 Å². The van der Waals surface area contributed by atoms with E-state index in [1.807, 2.05) is 26.0 Å². The van der Waals surface area contributed by atoms with E-state index in [0.29, 0.717) is 0 Å². The molecule has 2 rings (SSSR count). The van der Waals surface area contributed by atoms with Crippen molar-refractivity contribution in [1.29, 1.82) is 0 Å². The first-order chi connectivity index (χ1) is 9.95. The van der Waals surface area contributed by atoms with E-state index in [2.05, 4.69) is 19.1 Å². The first kappa shape index (κ1) is 15.7. The van der Waals surface area contributed by atoms with Crippen molar-refractivity contribution in [3.63, 3.8) is 0 Å². The number of aliphatic hydroxyl groups is 1. The summed E-state index contributed by atoms with van der Waals surface area (Å²) < 4.78 is 13.1. The summed E-state index contributed by atoms with van der Waals surface area (Å²) in [7, 11) is 0. The van der Waals surface area contributed by atoms with Crippen molar-refractivity contribution >= 4 is 0 Å². The lowest BCUT2D eigenvalue weighted by molar-refractivity contribution is 0.100. The van der Waals surface area contributed by atoms with Gasteiger partial charge in [0.15, 0.2) is 0 Å². The van der Waals surface area contributed by atoms with Crippen LogP contribution in [0.4, 0.5) is 4.39 Å². The molecule has 0 saturated heterocycles. The van der Waals surface area contributed by atoms with E-state index in [-0.39, 0.29) is 5.82 Å². The van der Waals surface area contributed by atoms with Gasteiger partial charge in [-0.15, -0.1) is 0 Å². The summed E-state index contributed by atoms with van der Waals surface area (Å²) in [5.74, 6) is -0.256. The molecule has 0 spiro atoms. The average molecular weight is 286 g/mol. The van der Waals surface area contributed by atoms with Crippen LogP contribution in [0, 0.1) is 5.82 Å². The maximum Gasteiger partial charge on any atom is 0.123 e. The molecular formula is C19H23FO. The van der Waals surface area contributed by atoms with Crippen LogP contribution in [0.15, 0.2) is 48.5 Å². The van der Waals surface area contributed by atoms with Crippen LogP contribution in [0.1, 0.15) is 50.0 Å². The molecule has 0 aromatic heterocycles. The second-order valence-electron chi connectivity index (χ2n) is 6.13. The summed E-state index contributed by atoms with van der Waals surface area (Å²) >= 11 is 0. The largest absolute Gasteiger partial charge is 0.388 e. The highest BCUT2D eigenvalue weighted by Crippen LogP contribution is 2.37. The highest BCUT2D eigenvalue weighted by atomic mass is 19.1. The van der Waals surface area contributed by atoms with Gasteiger partial charge in [0.2, 0.25) is 0 Å². The Morgan fingerprint density at radius 3 is 2.38 bits per heavy atom. The van der Waals surface area contributed by atoms with E-state index in [0.717, 1.165) is 24.0 Å². The molecule has 0 amide bonds. The highest BCUT2D eigenvalue weighted by molar-refractivity contribution is 5.33. The Morgan fingerprint density at radius 2 is 1.76 bits per heavy atom. The molecule has 2 heteroatoms. The average Bonchev–Trinajstić information content (AvgIpc) is 2.47. The van der Waals surface area contributed by atoms with Gasteiger partial charge in [-0.25, -0.2) is 4.39 Å². The number of hydrogen-bond donors (Lipinski definition) is 1. The van der Waals surface area contributed by atoms with Gasteiger partial charge in [-0.3, -0.25) is 0 Å². The fourth-order valence-corrected chi connectivity index (χ4v) is 2.66. The van der Waals surface area contributed by atoms with Crippen LogP contribution in [-0.4, -0.2) is 5.11 Å². The molecule has 2 aromatic carbocycles. The van der Waals surface area contributed by atoms with Crippen molar-refractivity contribution in [1.82, 2.24) is 0 Å². The standard InChI is InChI=1S/C19H23FO/c1-4-6-14-7-5-8-15(13-14)18(21)19(2,3)16-9-11-17(20)12-10-16/h5,7-13,18,21H,4,6H2,1-3H3. The molecule has 0 aliphatic rings. The van der Waals surface area contributed by atoms with E-state index in [1.54, 1.807) is 12.1 Å². The van der Waals surface area contributed by atoms with Crippen LogP contribution in [0.5, 0.6) is 0 Å². The molecule has 1 nitrogen and oxygen atoms in total. The molecule has 1 atom stereocenters. The van der Waals surface area contributed by atoms with Gasteiger partial charge in [0.25, 0.3) is 0 Å². The molecule has 0 heterocycles. The van der Waals surface area contributed by atoms with Gasteiger partial charge in [-0.1, -0.05) is 63.6 Å². The summed E-state index contributed by atoms with van der Waals surface area (Å²) in [6, 6.07) is 14.5. The van der Waals surface area contributed by atoms with Crippen molar-refractivity contribution in [2.75, 3.05) is 0 Å². The Morgan fingerprint density at radius 1 is 1.10 bits per heavy atom. The molecule has 0 radical (unpaired) electrons. The van der Waals surface area contributed by atoms with Gasteiger partial charge in [-0.05, 0) is 35.2 Å². The maximum absolute atomic E-state index is 13.1. The lowest BCUT2D eigenvalue weighted by Crippen LogP contribution is -2.27. The Hall–Kier alpha value is -1.67. The number of aliphatic hydroxyl groups excluding tert-OH is 1. The first-order valence-corrected chi connectivity index (χ1v) is 7.48. The first-order valence-electron chi connectivity index (χ1n) is 7.48. The normalized spacial score (nSPS) is 13.2. The number of aryl methyl sites for hydroxylation is 1. The van der Waals surface area contributed by atoms with Crippen molar-refractivity contribution in [2.45, 2.75) is 45.1 Å². The molecule has 0 aliphatic carbocycles. The molecule has 0 fully saturated rings. The Balaban J connectivity index is 2.30. The molecule has 0 saturated carbocycles. The summed E-state index contributed by atoms with van der Waals surface area (Å²) in [6.45, 7) is 6.11. The molecule has 0 aliphatic heterocycles. The predicted molar refractivity (Wildman–Crippen MR) is 84.8 cm³/mol. The molecule has 112 valence electrons. The van der Waals surface area contributed by atoms with Crippen LogP contribution >= 0.6 is 0 Å². The van der Waals surface area contributed by atoms with E-state index in [4.69, 9.17) is 0 Å².